The second-order valence-corrected chi connectivity index (χ2v) is 4.60. The Kier molecular flexibility index (Phi) is 4.77. The number of nitrogens with zero attached hydrogens (tertiary/aromatic N) is 2. The number of benzene rings is 1. The van der Waals surface area contributed by atoms with Gasteiger partial charge in [-0.25, -0.2) is 4.79 Å². The van der Waals surface area contributed by atoms with Crippen molar-refractivity contribution >= 4 is 17.3 Å². The van der Waals surface area contributed by atoms with Gasteiger partial charge in [0.25, 0.3) is 5.69 Å². The number of non-ortho nitro benzene ring substituents is 1. The minimum absolute atomic E-state index is 0.208. The van der Waals surface area contributed by atoms with Crippen molar-refractivity contribution in [3.63, 3.8) is 0 Å². The van der Waals surface area contributed by atoms with E-state index in [1.807, 2.05) is 0 Å². The van der Waals surface area contributed by atoms with E-state index in [1.165, 1.54) is 13.8 Å². The Morgan fingerprint density at radius 3 is 2.38 bits per heavy atom. The maximum absolute atomic E-state index is 12.6. The highest BCUT2D eigenvalue weighted by Gasteiger charge is 2.33. The Hall–Kier alpha value is -2.32. The smallest absolute Gasteiger partial charge is 0.405 e. The molecule has 0 spiro atoms. The molecule has 0 amide bonds. The summed E-state index contributed by atoms with van der Waals surface area (Å²) in [6.07, 6.45) is -4.53. The van der Waals surface area contributed by atoms with Gasteiger partial charge in [-0.2, -0.15) is 13.2 Å². The van der Waals surface area contributed by atoms with Crippen molar-refractivity contribution in [2.75, 3.05) is 11.4 Å². The number of hydrogen-bond donors (Lipinski definition) is 1. The summed E-state index contributed by atoms with van der Waals surface area (Å²) < 4.78 is 37.8. The van der Waals surface area contributed by atoms with E-state index in [0.717, 1.165) is 23.1 Å². The van der Waals surface area contributed by atoms with Gasteiger partial charge in [-0.05, 0) is 19.9 Å². The fourth-order valence-electron chi connectivity index (χ4n) is 1.80. The molecule has 0 radical (unpaired) electrons. The van der Waals surface area contributed by atoms with Crippen LogP contribution in [0.3, 0.4) is 0 Å². The largest absolute Gasteiger partial charge is 0.478 e. The number of nitro benzene ring substituents is 1. The van der Waals surface area contributed by atoms with E-state index in [9.17, 15) is 28.1 Å². The summed E-state index contributed by atoms with van der Waals surface area (Å²) in [6.45, 7) is 1.60. The lowest BCUT2D eigenvalue weighted by Crippen LogP contribution is -2.40. The van der Waals surface area contributed by atoms with E-state index in [4.69, 9.17) is 5.11 Å². The van der Waals surface area contributed by atoms with Crippen molar-refractivity contribution in [1.29, 1.82) is 0 Å². The number of aromatic carboxylic acids is 1. The summed E-state index contributed by atoms with van der Waals surface area (Å²) in [5, 5.41) is 19.7. The van der Waals surface area contributed by atoms with Crippen LogP contribution in [-0.4, -0.2) is 34.8 Å². The standard InChI is InChI=1S/C12H13F3N2O4/c1-7(2)16(6-12(13,14)15)10-4-3-8(17(20)21)5-9(10)11(18)19/h3-5,7H,6H2,1-2H3,(H,18,19). The number of rotatable bonds is 5. The van der Waals surface area contributed by atoms with Gasteiger partial charge < -0.3 is 10.0 Å². The van der Waals surface area contributed by atoms with Gasteiger partial charge in [0.2, 0.25) is 0 Å². The molecule has 1 N–H and O–H groups in total. The monoisotopic (exact) mass is 306 g/mol. The Labute approximate surface area is 117 Å². The van der Waals surface area contributed by atoms with E-state index >= 15 is 0 Å². The van der Waals surface area contributed by atoms with Crippen LogP contribution in [0.4, 0.5) is 24.5 Å². The van der Waals surface area contributed by atoms with Crippen LogP contribution < -0.4 is 4.90 Å². The molecule has 9 heteroatoms. The van der Waals surface area contributed by atoms with Crippen molar-refractivity contribution < 1.29 is 28.0 Å². The van der Waals surface area contributed by atoms with Crippen molar-refractivity contribution in [2.24, 2.45) is 0 Å². The van der Waals surface area contributed by atoms with E-state index in [1.54, 1.807) is 0 Å². The molecule has 0 fully saturated rings. The molecule has 0 bridgehead atoms. The third kappa shape index (κ3) is 4.33. The number of alkyl halides is 3. The molecular weight excluding hydrogens is 293 g/mol. The summed E-state index contributed by atoms with van der Waals surface area (Å²) in [7, 11) is 0. The van der Waals surface area contributed by atoms with Crippen LogP contribution in [-0.2, 0) is 0 Å². The Morgan fingerprint density at radius 2 is 2.00 bits per heavy atom. The Bertz CT molecular complexity index is 558. The average Bonchev–Trinajstić information content (AvgIpc) is 2.33. The van der Waals surface area contributed by atoms with Crippen LogP contribution in [0.1, 0.15) is 24.2 Å². The first-order chi connectivity index (χ1) is 9.53. The van der Waals surface area contributed by atoms with Crippen LogP contribution in [0.5, 0.6) is 0 Å². The Balaban J connectivity index is 3.37. The maximum Gasteiger partial charge on any atom is 0.405 e. The molecule has 0 saturated carbocycles. The highest BCUT2D eigenvalue weighted by Crippen LogP contribution is 2.30. The van der Waals surface area contributed by atoms with Crippen molar-refractivity contribution in [2.45, 2.75) is 26.1 Å². The Morgan fingerprint density at radius 1 is 1.43 bits per heavy atom. The molecule has 0 aliphatic carbocycles. The molecule has 0 atom stereocenters. The predicted octanol–water partition coefficient (Wildman–Crippen LogP) is 3.07. The van der Waals surface area contributed by atoms with Gasteiger partial charge in [0.1, 0.15) is 6.54 Å². The molecule has 1 aromatic rings. The summed E-state index contributed by atoms with van der Waals surface area (Å²) in [4.78, 5) is 21.8. The maximum atomic E-state index is 12.6. The second-order valence-electron chi connectivity index (χ2n) is 4.60. The fourth-order valence-corrected chi connectivity index (χ4v) is 1.80. The van der Waals surface area contributed by atoms with Crippen LogP contribution in [0.15, 0.2) is 18.2 Å². The van der Waals surface area contributed by atoms with Crippen molar-refractivity contribution in [3.05, 3.63) is 33.9 Å². The molecule has 1 rings (SSSR count). The highest BCUT2D eigenvalue weighted by molar-refractivity contribution is 5.95. The highest BCUT2D eigenvalue weighted by atomic mass is 19.4. The SMILES string of the molecule is CC(C)N(CC(F)(F)F)c1ccc([N+](=O)[O-])cc1C(=O)O. The zero-order valence-corrected chi connectivity index (χ0v) is 11.2. The third-order valence-electron chi connectivity index (χ3n) is 2.70. The first kappa shape index (κ1) is 16.7. The normalized spacial score (nSPS) is 11.5. The topological polar surface area (TPSA) is 83.7 Å². The number of nitro groups is 1. The quantitative estimate of drug-likeness (QED) is 0.667. The number of hydrogen-bond acceptors (Lipinski definition) is 4. The minimum atomic E-state index is -4.53. The molecule has 0 heterocycles. The average molecular weight is 306 g/mol. The number of carbonyl (C=O) groups is 1. The second kappa shape index (κ2) is 5.98. The van der Waals surface area contributed by atoms with Crippen LogP contribution in [0.2, 0.25) is 0 Å². The van der Waals surface area contributed by atoms with E-state index in [2.05, 4.69) is 0 Å². The molecule has 1 aromatic carbocycles. The summed E-state index contributed by atoms with van der Waals surface area (Å²) >= 11 is 0. The van der Waals surface area contributed by atoms with E-state index in [-0.39, 0.29) is 5.69 Å². The van der Waals surface area contributed by atoms with Crippen LogP contribution in [0.25, 0.3) is 0 Å². The molecule has 116 valence electrons. The lowest BCUT2D eigenvalue weighted by atomic mass is 10.1. The zero-order chi connectivity index (χ0) is 16.4. The van der Waals surface area contributed by atoms with Gasteiger partial charge in [0, 0.05) is 18.2 Å². The van der Waals surface area contributed by atoms with Gasteiger partial charge in [0.15, 0.2) is 0 Å². The lowest BCUT2D eigenvalue weighted by Gasteiger charge is -2.30. The number of carboxylic acids is 1. The van der Waals surface area contributed by atoms with Crippen molar-refractivity contribution in [1.82, 2.24) is 0 Å². The van der Waals surface area contributed by atoms with Gasteiger partial charge in [0.05, 0.1) is 16.2 Å². The van der Waals surface area contributed by atoms with E-state index < -0.39 is 40.9 Å². The summed E-state index contributed by atoms with van der Waals surface area (Å²) in [5.41, 5.74) is -1.24. The van der Waals surface area contributed by atoms with E-state index in [0.29, 0.717) is 0 Å². The zero-order valence-electron chi connectivity index (χ0n) is 11.2. The van der Waals surface area contributed by atoms with Gasteiger partial charge in [-0.15, -0.1) is 0 Å². The predicted molar refractivity (Wildman–Crippen MR) is 68.6 cm³/mol. The molecule has 0 aliphatic rings. The summed E-state index contributed by atoms with van der Waals surface area (Å²) in [6, 6.07) is 2.12. The molecule has 21 heavy (non-hydrogen) atoms. The minimum Gasteiger partial charge on any atom is -0.478 e. The molecule has 0 saturated heterocycles. The summed E-state index contributed by atoms with van der Waals surface area (Å²) in [5.74, 6) is -1.53. The lowest BCUT2D eigenvalue weighted by molar-refractivity contribution is -0.384. The first-order valence-corrected chi connectivity index (χ1v) is 5.88. The molecular formula is C12H13F3N2O4. The number of anilines is 1. The molecule has 0 aromatic heterocycles. The third-order valence-corrected chi connectivity index (χ3v) is 2.70. The molecule has 0 unspecified atom stereocenters. The number of halogens is 3. The fraction of sp³-hybridized carbons (Fsp3) is 0.417. The van der Waals surface area contributed by atoms with Crippen molar-refractivity contribution in [3.8, 4) is 0 Å². The van der Waals surface area contributed by atoms with Crippen LogP contribution >= 0.6 is 0 Å². The van der Waals surface area contributed by atoms with Crippen LogP contribution in [0, 0.1) is 10.1 Å². The van der Waals surface area contributed by atoms with Gasteiger partial charge in [-0.1, -0.05) is 0 Å². The van der Waals surface area contributed by atoms with Gasteiger partial charge >= 0.3 is 12.1 Å². The van der Waals surface area contributed by atoms with Gasteiger partial charge in [-0.3, -0.25) is 10.1 Å². The first-order valence-electron chi connectivity index (χ1n) is 5.88. The number of carboxylic acid groups (broad SMARTS) is 1. The molecule has 6 nitrogen and oxygen atoms in total. The molecule has 0 aliphatic heterocycles.